The van der Waals surface area contributed by atoms with Crippen molar-refractivity contribution in [3.05, 3.63) is 94.8 Å². The lowest BCUT2D eigenvalue weighted by Crippen LogP contribution is -2.46. The molecule has 0 N–H and O–H groups in total. The molecular formula is C26H25N3O3S. The van der Waals surface area contributed by atoms with Crippen LogP contribution in [-0.2, 0) is 4.79 Å². The normalized spacial score (nSPS) is 14.6. The summed E-state index contributed by atoms with van der Waals surface area (Å²) in [5, 5.41) is 1.88. The predicted octanol–water partition coefficient (Wildman–Crippen LogP) is 5.51. The SMILES string of the molecule is CCCCN(CC(=O)N1c2ccccc2-n2cccc2C1c1ccco1)C(=O)c1cccs1. The summed E-state index contributed by atoms with van der Waals surface area (Å²) in [7, 11) is 0. The van der Waals surface area contributed by atoms with E-state index < -0.39 is 6.04 Å². The number of nitrogens with zero attached hydrogens (tertiary/aromatic N) is 3. The summed E-state index contributed by atoms with van der Waals surface area (Å²) in [5.74, 6) is 0.440. The Balaban J connectivity index is 1.54. The smallest absolute Gasteiger partial charge is 0.264 e. The van der Waals surface area contributed by atoms with Gasteiger partial charge < -0.3 is 13.9 Å². The van der Waals surface area contributed by atoms with Crippen molar-refractivity contribution >= 4 is 28.8 Å². The Morgan fingerprint density at radius 1 is 1.03 bits per heavy atom. The van der Waals surface area contributed by atoms with Crippen LogP contribution in [0.15, 0.2) is 82.9 Å². The Kier molecular flexibility index (Phi) is 5.88. The first-order chi connectivity index (χ1) is 16.2. The lowest BCUT2D eigenvalue weighted by molar-refractivity contribution is -0.119. The Morgan fingerprint density at radius 3 is 2.61 bits per heavy atom. The molecule has 1 aliphatic heterocycles. The van der Waals surface area contributed by atoms with E-state index in [9.17, 15) is 9.59 Å². The summed E-state index contributed by atoms with van der Waals surface area (Å²) in [6.07, 6.45) is 5.41. The predicted molar refractivity (Wildman–Crippen MR) is 129 cm³/mol. The lowest BCUT2D eigenvalue weighted by Gasteiger charge is -2.38. The van der Waals surface area contributed by atoms with Crippen molar-refractivity contribution in [1.82, 2.24) is 9.47 Å². The molecular weight excluding hydrogens is 434 g/mol. The van der Waals surface area contributed by atoms with Crippen molar-refractivity contribution < 1.29 is 14.0 Å². The third-order valence-electron chi connectivity index (χ3n) is 5.93. The van der Waals surface area contributed by atoms with Gasteiger partial charge in [0, 0.05) is 12.7 Å². The molecule has 0 saturated carbocycles. The second-order valence-corrected chi connectivity index (χ2v) is 8.98. The maximum absolute atomic E-state index is 13.9. The minimum absolute atomic E-state index is 0.00296. The average Bonchev–Trinajstić information content (AvgIpc) is 3.63. The van der Waals surface area contributed by atoms with Crippen molar-refractivity contribution in [2.24, 2.45) is 0 Å². The van der Waals surface area contributed by atoms with Gasteiger partial charge in [0.25, 0.3) is 5.91 Å². The molecule has 7 heteroatoms. The lowest BCUT2D eigenvalue weighted by atomic mass is 10.0. The number of anilines is 1. The van der Waals surface area contributed by atoms with Crippen molar-refractivity contribution in [3.8, 4) is 5.69 Å². The van der Waals surface area contributed by atoms with Gasteiger partial charge in [-0.15, -0.1) is 11.3 Å². The topological polar surface area (TPSA) is 58.7 Å². The molecule has 0 fully saturated rings. The summed E-state index contributed by atoms with van der Waals surface area (Å²) in [6.45, 7) is 2.62. The third-order valence-corrected chi connectivity index (χ3v) is 6.79. The van der Waals surface area contributed by atoms with Gasteiger partial charge in [-0.05, 0) is 54.3 Å². The van der Waals surface area contributed by atoms with E-state index >= 15 is 0 Å². The summed E-state index contributed by atoms with van der Waals surface area (Å²) in [4.78, 5) is 31.2. The zero-order valence-corrected chi connectivity index (χ0v) is 19.2. The van der Waals surface area contributed by atoms with Crippen LogP contribution in [0.25, 0.3) is 5.69 Å². The Hall–Kier alpha value is -3.58. The van der Waals surface area contributed by atoms with Gasteiger partial charge in [0.15, 0.2) is 0 Å². The molecule has 2 amide bonds. The fourth-order valence-corrected chi connectivity index (χ4v) is 5.07. The average molecular weight is 460 g/mol. The number of thiophene rings is 1. The second-order valence-electron chi connectivity index (χ2n) is 8.03. The molecule has 0 radical (unpaired) electrons. The molecule has 0 spiro atoms. The van der Waals surface area contributed by atoms with E-state index in [2.05, 4.69) is 11.5 Å². The van der Waals surface area contributed by atoms with Crippen LogP contribution in [0.2, 0.25) is 0 Å². The van der Waals surface area contributed by atoms with Gasteiger partial charge in [-0.1, -0.05) is 31.5 Å². The zero-order valence-electron chi connectivity index (χ0n) is 18.4. The van der Waals surface area contributed by atoms with Gasteiger partial charge in [0.2, 0.25) is 5.91 Å². The van der Waals surface area contributed by atoms with E-state index in [1.165, 1.54) is 11.3 Å². The van der Waals surface area contributed by atoms with Crippen LogP contribution in [0.1, 0.15) is 46.9 Å². The summed E-state index contributed by atoms with van der Waals surface area (Å²) in [5.41, 5.74) is 2.67. The maximum Gasteiger partial charge on any atom is 0.264 e. The molecule has 0 aliphatic carbocycles. The number of benzene rings is 1. The first-order valence-electron chi connectivity index (χ1n) is 11.1. The van der Waals surface area contributed by atoms with Crippen LogP contribution < -0.4 is 4.90 Å². The number of amides is 2. The van der Waals surface area contributed by atoms with Crippen molar-refractivity contribution in [2.45, 2.75) is 25.8 Å². The Labute approximate surface area is 196 Å². The highest BCUT2D eigenvalue weighted by Gasteiger charge is 2.38. The van der Waals surface area contributed by atoms with Gasteiger partial charge in [0.1, 0.15) is 18.3 Å². The van der Waals surface area contributed by atoms with Crippen LogP contribution in [-0.4, -0.2) is 34.4 Å². The number of para-hydroxylation sites is 2. The van der Waals surface area contributed by atoms with E-state index in [0.29, 0.717) is 17.2 Å². The van der Waals surface area contributed by atoms with Gasteiger partial charge in [0.05, 0.1) is 28.2 Å². The van der Waals surface area contributed by atoms with Crippen LogP contribution in [0.5, 0.6) is 0 Å². The van der Waals surface area contributed by atoms with E-state index in [0.717, 1.165) is 29.9 Å². The molecule has 5 rings (SSSR count). The standard InChI is InChI=1S/C26H25N3O3S/c1-2-3-14-27(26(31)23-13-8-17-33-23)18-24(30)29-20-10-5-4-9-19(20)28-15-6-11-21(28)25(29)22-12-7-16-32-22/h4-13,15-17,25H,2-3,14,18H2,1H3. The summed E-state index contributed by atoms with van der Waals surface area (Å²) >= 11 is 1.40. The molecule has 1 unspecified atom stereocenters. The van der Waals surface area contributed by atoms with Gasteiger partial charge >= 0.3 is 0 Å². The molecule has 4 aromatic rings. The Bertz CT molecular complexity index is 1240. The molecule has 4 heterocycles. The number of furan rings is 1. The number of rotatable bonds is 7. The number of aromatic nitrogens is 1. The monoisotopic (exact) mass is 459 g/mol. The number of hydrogen-bond donors (Lipinski definition) is 0. The van der Waals surface area contributed by atoms with Gasteiger partial charge in [-0.3, -0.25) is 14.5 Å². The van der Waals surface area contributed by atoms with Gasteiger partial charge in [-0.25, -0.2) is 0 Å². The molecule has 1 aromatic carbocycles. The quantitative estimate of drug-likeness (QED) is 0.366. The summed E-state index contributed by atoms with van der Waals surface area (Å²) < 4.78 is 7.88. The van der Waals surface area contributed by atoms with Crippen LogP contribution in [0.4, 0.5) is 5.69 Å². The van der Waals surface area contributed by atoms with E-state index in [1.807, 2.05) is 72.2 Å². The number of fused-ring (bicyclic) bond motifs is 3. The van der Waals surface area contributed by atoms with E-state index in [-0.39, 0.29) is 18.4 Å². The van der Waals surface area contributed by atoms with Crippen LogP contribution >= 0.6 is 11.3 Å². The van der Waals surface area contributed by atoms with Crippen molar-refractivity contribution in [1.29, 1.82) is 0 Å². The van der Waals surface area contributed by atoms with E-state index in [1.54, 1.807) is 16.1 Å². The third kappa shape index (κ3) is 3.89. The fourth-order valence-electron chi connectivity index (χ4n) is 4.37. The zero-order chi connectivity index (χ0) is 22.8. The summed E-state index contributed by atoms with van der Waals surface area (Å²) in [6, 6.07) is 18.8. The minimum atomic E-state index is -0.415. The number of carbonyl (C=O) groups excluding carboxylic acids is 2. The highest BCUT2D eigenvalue weighted by molar-refractivity contribution is 7.12. The first kappa shape index (κ1) is 21.3. The largest absolute Gasteiger partial charge is 0.467 e. The van der Waals surface area contributed by atoms with Crippen molar-refractivity contribution in [2.75, 3.05) is 18.0 Å². The highest BCUT2D eigenvalue weighted by atomic mass is 32.1. The molecule has 0 saturated heterocycles. The first-order valence-corrected chi connectivity index (χ1v) is 12.0. The molecule has 1 atom stereocenters. The maximum atomic E-state index is 13.9. The molecule has 33 heavy (non-hydrogen) atoms. The molecule has 6 nitrogen and oxygen atoms in total. The molecule has 1 aliphatic rings. The second kappa shape index (κ2) is 9.11. The molecule has 168 valence electrons. The van der Waals surface area contributed by atoms with Crippen LogP contribution in [0.3, 0.4) is 0 Å². The van der Waals surface area contributed by atoms with Gasteiger partial charge in [-0.2, -0.15) is 0 Å². The highest BCUT2D eigenvalue weighted by Crippen LogP contribution is 2.42. The fraction of sp³-hybridized carbons (Fsp3) is 0.231. The number of carbonyl (C=O) groups is 2. The number of unbranched alkanes of at least 4 members (excludes halogenated alkanes) is 1. The number of hydrogen-bond acceptors (Lipinski definition) is 4. The molecule has 3 aromatic heterocycles. The molecule has 0 bridgehead atoms. The van der Waals surface area contributed by atoms with Crippen molar-refractivity contribution in [3.63, 3.8) is 0 Å². The minimum Gasteiger partial charge on any atom is -0.467 e. The van der Waals surface area contributed by atoms with Crippen LogP contribution in [0, 0.1) is 0 Å². The Morgan fingerprint density at radius 2 is 1.88 bits per heavy atom. The van der Waals surface area contributed by atoms with E-state index in [4.69, 9.17) is 4.42 Å².